The predicted octanol–water partition coefficient (Wildman–Crippen LogP) is 4.72. The van der Waals surface area contributed by atoms with Gasteiger partial charge in [-0.1, -0.05) is 18.2 Å². The van der Waals surface area contributed by atoms with E-state index in [1.165, 1.54) is 31.2 Å². The van der Waals surface area contributed by atoms with E-state index in [1.54, 1.807) is 30.3 Å². The summed E-state index contributed by atoms with van der Waals surface area (Å²) in [5.41, 5.74) is -0.933. The lowest BCUT2D eigenvalue weighted by Gasteiger charge is -2.15. The van der Waals surface area contributed by atoms with Gasteiger partial charge in [0, 0.05) is 18.2 Å². The molecule has 0 aromatic heterocycles. The summed E-state index contributed by atoms with van der Waals surface area (Å²) in [4.78, 5) is 23.8. The Balaban J connectivity index is 1.83. The lowest BCUT2D eigenvalue weighted by molar-refractivity contribution is -0.137. The second kappa shape index (κ2) is 9.33. The molecule has 0 unspecified atom stereocenters. The van der Waals surface area contributed by atoms with Crippen LogP contribution in [0.15, 0.2) is 77.7 Å². The number of nitrogens with one attached hydrogen (secondary N) is 3. The molecule has 0 saturated heterocycles. The average molecular weight is 477 g/mol. The van der Waals surface area contributed by atoms with Gasteiger partial charge in [-0.15, -0.1) is 0 Å². The van der Waals surface area contributed by atoms with Gasteiger partial charge in [-0.05, 0) is 54.6 Å². The molecule has 0 fully saturated rings. The van der Waals surface area contributed by atoms with Crippen LogP contribution in [-0.4, -0.2) is 20.2 Å². The fourth-order valence-corrected chi connectivity index (χ4v) is 3.88. The van der Waals surface area contributed by atoms with Crippen LogP contribution in [0.5, 0.6) is 0 Å². The Bertz CT molecular complexity index is 1280. The van der Waals surface area contributed by atoms with E-state index in [2.05, 4.69) is 15.4 Å². The van der Waals surface area contributed by atoms with Crippen molar-refractivity contribution in [3.05, 3.63) is 83.9 Å². The Hall–Kier alpha value is -3.86. The normalized spacial score (nSPS) is 11.5. The number of sulfonamides is 1. The molecular weight excluding hydrogens is 459 g/mol. The number of halogens is 3. The molecule has 3 aromatic rings. The van der Waals surface area contributed by atoms with Crippen molar-refractivity contribution in [1.29, 1.82) is 0 Å². The molecule has 0 aliphatic rings. The van der Waals surface area contributed by atoms with E-state index in [0.717, 1.165) is 12.1 Å². The summed E-state index contributed by atoms with van der Waals surface area (Å²) >= 11 is 0. The first-order valence-corrected chi connectivity index (χ1v) is 10.9. The zero-order chi connectivity index (χ0) is 24.2. The number of carbonyl (C=O) groups excluding carboxylic acids is 2. The van der Waals surface area contributed by atoms with Crippen molar-refractivity contribution in [1.82, 2.24) is 0 Å². The van der Waals surface area contributed by atoms with Gasteiger partial charge in [0.25, 0.3) is 15.9 Å². The first-order chi connectivity index (χ1) is 15.5. The standard InChI is InChI=1S/C22H18F3N3O4S/c1-14(29)26-19-12-9-16(22(23,24)25)13-20(19)27-21(30)15-7-10-18(11-8-15)33(31,32)28-17-5-3-2-4-6-17/h2-13,28H,1H3,(H,26,29)(H,27,30). The Labute approximate surface area is 187 Å². The molecular formula is C22H18F3N3O4S. The van der Waals surface area contributed by atoms with Gasteiger partial charge in [0.2, 0.25) is 5.91 Å². The number of para-hydroxylation sites is 1. The fraction of sp³-hybridized carbons (Fsp3) is 0.0909. The highest BCUT2D eigenvalue weighted by atomic mass is 32.2. The molecule has 0 spiro atoms. The van der Waals surface area contributed by atoms with E-state index >= 15 is 0 Å². The van der Waals surface area contributed by atoms with E-state index in [1.807, 2.05) is 0 Å². The molecule has 3 N–H and O–H groups in total. The minimum atomic E-state index is -4.66. The number of alkyl halides is 3. The van der Waals surface area contributed by atoms with Crippen LogP contribution in [0.4, 0.5) is 30.2 Å². The summed E-state index contributed by atoms with van der Waals surface area (Å²) in [5.74, 6) is -1.33. The lowest BCUT2D eigenvalue weighted by Crippen LogP contribution is -2.17. The van der Waals surface area contributed by atoms with Gasteiger partial charge in [-0.3, -0.25) is 14.3 Å². The van der Waals surface area contributed by atoms with Crippen LogP contribution >= 0.6 is 0 Å². The molecule has 0 aliphatic heterocycles. The van der Waals surface area contributed by atoms with Crippen molar-refractivity contribution < 1.29 is 31.2 Å². The molecule has 33 heavy (non-hydrogen) atoms. The largest absolute Gasteiger partial charge is 0.416 e. The van der Waals surface area contributed by atoms with Gasteiger partial charge in [-0.25, -0.2) is 8.42 Å². The molecule has 0 bridgehead atoms. The minimum absolute atomic E-state index is 0.000141. The van der Waals surface area contributed by atoms with E-state index in [0.29, 0.717) is 11.8 Å². The van der Waals surface area contributed by atoms with Crippen LogP contribution in [0.25, 0.3) is 0 Å². The lowest BCUT2D eigenvalue weighted by atomic mass is 10.1. The molecule has 2 amide bonds. The van der Waals surface area contributed by atoms with Gasteiger partial charge in [0.15, 0.2) is 0 Å². The summed E-state index contributed by atoms with van der Waals surface area (Å²) in [5, 5.41) is 4.68. The molecule has 0 aliphatic carbocycles. The quantitative estimate of drug-likeness (QED) is 0.478. The molecule has 172 valence electrons. The van der Waals surface area contributed by atoms with Gasteiger partial charge in [0.05, 0.1) is 21.8 Å². The first-order valence-electron chi connectivity index (χ1n) is 9.44. The Kier molecular flexibility index (Phi) is 6.73. The number of rotatable bonds is 6. The van der Waals surface area contributed by atoms with Crippen molar-refractivity contribution in [3.8, 4) is 0 Å². The number of benzene rings is 3. The monoisotopic (exact) mass is 477 g/mol. The number of hydrogen-bond acceptors (Lipinski definition) is 4. The highest BCUT2D eigenvalue weighted by molar-refractivity contribution is 7.92. The van der Waals surface area contributed by atoms with Crippen molar-refractivity contribution in [3.63, 3.8) is 0 Å². The highest BCUT2D eigenvalue weighted by Gasteiger charge is 2.31. The van der Waals surface area contributed by atoms with Crippen LogP contribution in [0.2, 0.25) is 0 Å². The summed E-state index contributed by atoms with van der Waals surface area (Å²) in [6, 6.07) is 15.5. The van der Waals surface area contributed by atoms with Gasteiger partial charge >= 0.3 is 6.18 Å². The third-order valence-electron chi connectivity index (χ3n) is 4.36. The minimum Gasteiger partial charge on any atom is -0.325 e. The predicted molar refractivity (Wildman–Crippen MR) is 117 cm³/mol. The highest BCUT2D eigenvalue weighted by Crippen LogP contribution is 2.34. The van der Waals surface area contributed by atoms with Crippen LogP contribution in [-0.2, 0) is 21.0 Å². The Morgan fingerprint density at radius 1 is 0.818 bits per heavy atom. The molecule has 0 atom stereocenters. The summed E-state index contributed by atoms with van der Waals surface area (Å²) in [6.07, 6.45) is -4.66. The van der Waals surface area contributed by atoms with Crippen molar-refractivity contribution in [2.75, 3.05) is 15.4 Å². The Morgan fingerprint density at radius 3 is 2.03 bits per heavy atom. The zero-order valence-corrected chi connectivity index (χ0v) is 17.9. The first kappa shape index (κ1) is 23.8. The summed E-state index contributed by atoms with van der Waals surface area (Å²) < 4.78 is 66.6. The second-order valence-corrected chi connectivity index (χ2v) is 8.57. The molecule has 0 saturated carbocycles. The summed E-state index contributed by atoms with van der Waals surface area (Å²) in [6.45, 7) is 1.17. The van der Waals surface area contributed by atoms with Gasteiger partial charge < -0.3 is 10.6 Å². The van der Waals surface area contributed by atoms with Crippen molar-refractivity contribution in [2.24, 2.45) is 0 Å². The molecule has 0 heterocycles. The molecule has 3 rings (SSSR count). The fourth-order valence-electron chi connectivity index (χ4n) is 2.82. The van der Waals surface area contributed by atoms with Gasteiger partial charge in [0.1, 0.15) is 0 Å². The smallest absolute Gasteiger partial charge is 0.325 e. The average Bonchev–Trinajstić information content (AvgIpc) is 2.74. The van der Waals surface area contributed by atoms with E-state index in [9.17, 15) is 31.2 Å². The zero-order valence-electron chi connectivity index (χ0n) is 17.1. The van der Waals surface area contributed by atoms with Crippen molar-refractivity contribution >= 4 is 38.9 Å². The maximum absolute atomic E-state index is 13.1. The number of anilines is 3. The molecule has 0 radical (unpaired) electrons. The van der Waals surface area contributed by atoms with Crippen molar-refractivity contribution in [2.45, 2.75) is 18.0 Å². The van der Waals surface area contributed by atoms with E-state index < -0.39 is 33.6 Å². The second-order valence-electron chi connectivity index (χ2n) is 6.89. The van der Waals surface area contributed by atoms with Crippen LogP contribution in [0, 0.1) is 0 Å². The Morgan fingerprint density at radius 2 is 1.45 bits per heavy atom. The van der Waals surface area contributed by atoms with Crippen LogP contribution in [0.3, 0.4) is 0 Å². The van der Waals surface area contributed by atoms with Crippen LogP contribution in [0.1, 0.15) is 22.8 Å². The SMILES string of the molecule is CC(=O)Nc1ccc(C(F)(F)F)cc1NC(=O)c1ccc(S(=O)(=O)Nc2ccccc2)cc1. The topological polar surface area (TPSA) is 104 Å². The van der Waals surface area contributed by atoms with Gasteiger partial charge in [-0.2, -0.15) is 13.2 Å². The third kappa shape index (κ3) is 6.10. The summed E-state index contributed by atoms with van der Waals surface area (Å²) in [7, 11) is -3.91. The maximum atomic E-state index is 13.1. The van der Waals surface area contributed by atoms with E-state index in [-0.39, 0.29) is 21.8 Å². The van der Waals surface area contributed by atoms with Crippen LogP contribution < -0.4 is 15.4 Å². The molecule has 7 nitrogen and oxygen atoms in total. The molecule has 3 aromatic carbocycles. The number of hydrogen-bond donors (Lipinski definition) is 3. The van der Waals surface area contributed by atoms with E-state index in [4.69, 9.17) is 0 Å². The third-order valence-corrected chi connectivity index (χ3v) is 5.76. The number of amides is 2. The maximum Gasteiger partial charge on any atom is 0.416 e. The molecule has 11 heteroatoms. The number of carbonyl (C=O) groups is 2.